The molecular formula is C18H26N2. The summed E-state index contributed by atoms with van der Waals surface area (Å²) in [7, 11) is 0. The summed E-state index contributed by atoms with van der Waals surface area (Å²) in [5.41, 5.74) is 4.46. The van der Waals surface area contributed by atoms with Crippen molar-refractivity contribution in [3.8, 4) is 0 Å². The quantitative estimate of drug-likeness (QED) is 0.750. The van der Waals surface area contributed by atoms with Crippen LogP contribution >= 0.6 is 0 Å². The largest absolute Gasteiger partial charge is 0.343 e. The lowest BCUT2D eigenvalue weighted by Crippen LogP contribution is -2.24. The number of unbranched alkanes of at least 4 members (excludes halogenated alkanes) is 2. The minimum atomic E-state index is 1.13. The molecule has 1 aromatic carbocycles. The minimum Gasteiger partial charge on any atom is -0.343 e. The Labute approximate surface area is 122 Å². The van der Waals surface area contributed by atoms with Gasteiger partial charge in [-0.25, -0.2) is 0 Å². The van der Waals surface area contributed by atoms with Gasteiger partial charge in [0.25, 0.3) is 0 Å². The van der Waals surface area contributed by atoms with Gasteiger partial charge in [0.05, 0.1) is 0 Å². The van der Waals surface area contributed by atoms with E-state index in [0.29, 0.717) is 0 Å². The van der Waals surface area contributed by atoms with Crippen LogP contribution in [0.1, 0.15) is 43.9 Å². The summed E-state index contributed by atoms with van der Waals surface area (Å²) in [4.78, 5) is 2.65. The molecule has 0 saturated carbocycles. The smallest absolute Gasteiger partial charge is 0.0485 e. The zero-order valence-corrected chi connectivity index (χ0v) is 12.9. The maximum Gasteiger partial charge on any atom is 0.0485 e. The van der Waals surface area contributed by atoms with Gasteiger partial charge in [-0.05, 0) is 37.9 Å². The van der Waals surface area contributed by atoms with Crippen LogP contribution in [0.5, 0.6) is 0 Å². The second-order valence-corrected chi connectivity index (χ2v) is 6.08. The van der Waals surface area contributed by atoms with Gasteiger partial charge < -0.3 is 4.57 Å². The molecule has 2 nitrogen and oxygen atoms in total. The molecule has 108 valence electrons. The first-order valence-electron chi connectivity index (χ1n) is 8.10. The Morgan fingerprint density at radius 2 is 1.95 bits per heavy atom. The molecule has 0 bridgehead atoms. The number of aromatic nitrogens is 1. The summed E-state index contributed by atoms with van der Waals surface area (Å²) in [6, 6.07) is 8.87. The summed E-state index contributed by atoms with van der Waals surface area (Å²) in [6.07, 6.45) is 5.29. The third kappa shape index (κ3) is 2.49. The maximum atomic E-state index is 2.65. The first-order chi connectivity index (χ1) is 9.81. The van der Waals surface area contributed by atoms with Crippen LogP contribution in [-0.4, -0.2) is 22.6 Å². The maximum absolute atomic E-state index is 2.65. The van der Waals surface area contributed by atoms with Gasteiger partial charge in [0.1, 0.15) is 0 Å². The molecule has 3 rings (SSSR count). The van der Waals surface area contributed by atoms with Crippen molar-refractivity contribution in [2.45, 2.75) is 52.6 Å². The van der Waals surface area contributed by atoms with Crippen LogP contribution < -0.4 is 0 Å². The van der Waals surface area contributed by atoms with E-state index in [2.05, 4.69) is 47.6 Å². The molecule has 0 aliphatic carbocycles. The molecule has 0 saturated heterocycles. The molecule has 0 N–H and O–H groups in total. The highest BCUT2D eigenvalue weighted by molar-refractivity contribution is 5.85. The topological polar surface area (TPSA) is 8.17 Å². The van der Waals surface area contributed by atoms with Crippen molar-refractivity contribution in [1.82, 2.24) is 9.47 Å². The molecule has 0 spiro atoms. The number of aryl methyl sites for hydroxylation is 2. The number of hydrogen-bond acceptors (Lipinski definition) is 1. The van der Waals surface area contributed by atoms with E-state index >= 15 is 0 Å². The summed E-state index contributed by atoms with van der Waals surface area (Å²) >= 11 is 0. The summed E-state index contributed by atoms with van der Waals surface area (Å²) in [5, 5.41) is 1.44. The van der Waals surface area contributed by atoms with Gasteiger partial charge >= 0.3 is 0 Å². The number of benzene rings is 1. The number of fused-ring (bicyclic) bond motifs is 3. The zero-order valence-electron chi connectivity index (χ0n) is 12.9. The van der Waals surface area contributed by atoms with E-state index in [1.807, 2.05) is 0 Å². The summed E-state index contributed by atoms with van der Waals surface area (Å²) < 4.78 is 2.56. The number of nitrogens with zero attached hydrogens (tertiary/aromatic N) is 2. The van der Waals surface area contributed by atoms with Crippen molar-refractivity contribution in [1.29, 1.82) is 0 Å². The van der Waals surface area contributed by atoms with Crippen molar-refractivity contribution in [2.24, 2.45) is 0 Å². The Kier molecular flexibility index (Phi) is 4.11. The SMILES string of the molecule is CCCCCN1CCCn2c(c(C)c3ccccc32)C1. The van der Waals surface area contributed by atoms with Crippen LogP contribution in [0.2, 0.25) is 0 Å². The first kappa shape index (κ1) is 13.7. The van der Waals surface area contributed by atoms with Gasteiger partial charge in [-0.2, -0.15) is 0 Å². The molecule has 2 heteroatoms. The second kappa shape index (κ2) is 6.01. The highest BCUT2D eigenvalue weighted by atomic mass is 15.2. The lowest BCUT2D eigenvalue weighted by atomic mass is 10.1. The second-order valence-electron chi connectivity index (χ2n) is 6.08. The molecule has 20 heavy (non-hydrogen) atoms. The zero-order chi connectivity index (χ0) is 13.9. The van der Waals surface area contributed by atoms with E-state index in [-0.39, 0.29) is 0 Å². The third-order valence-corrected chi connectivity index (χ3v) is 4.66. The van der Waals surface area contributed by atoms with E-state index in [0.717, 1.165) is 6.54 Å². The molecule has 2 aromatic rings. The Hall–Kier alpha value is -1.28. The van der Waals surface area contributed by atoms with Crippen molar-refractivity contribution >= 4 is 10.9 Å². The lowest BCUT2D eigenvalue weighted by Gasteiger charge is -2.19. The number of rotatable bonds is 4. The van der Waals surface area contributed by atoms with Gasteiger partial charge in [0.2, 0.25) is 0 Å². The number of para-hydroxylation sites is 1. The molecule has 1 aliphatic rings. The van der Waals surface area contributed by atoms with E-state index in [1.165, 1.54) is 61.8 Å². The predicted octanol–water partition coefficient (Wildman–Crippen LogP) is 4.35. The lowest BCUT2D eigenvalue weighted by molar-refractivity contribution is 0.263. The van der Waals surface area contributed by atoms with Crippen molar-refractivity contribution < 1.29 is 0 Å². The minimum absolute atomic E-state index is 1.13. The average molecular weight is 270 g/mol. The Morgan fingerprint density at radius 1 is 1.10 bits per heavy atom. The van der Waals surface area contributed by atoms with E-state index < -0.39 is 0 Å². The van der Waals surface area contributed by atoms with Crippen LogP contribution in [-0.2, 0) is 13.1 Å². The molecule has 1 aliphatic heterocycles. The van der Waals surface area contributed by atoms with Gasteiger partial charge in [-0.15, -0.1) is 0 Å². The fourth-order valence-electron chi connectivity index (χ4n) is 3.51. The Balaban J connectivity index is 1.88. The van der Waals surface area contributed by atoms with Crippen LogP contribution in [0.4, 0.5) is 0 Å². The highest BCUT2D eigenvalue weighted by Gasteiger charge is 2.19. The third-order valence-electron chi connectivity index (χ3n) is 4.66. The van der Waals surface area contributed by atoms with Crippen LogP contribution in [0.25, 0.3) is 10.9 Å². The molecular weight excluding hydrogens is 244 g/mol. The van der Waals surface area contributed by atoms with E-state index in [4.69, 9.17) is 0 Å². The van der Waals surface area contributed by atoms with E-state index in [1.54, 1.807) is 5.69 Å². The van der Waals surface area contributed by atoms with Gasteiger partial charge in [0, 0.05) is 36.2 Å². The van der Waals surface area contributed by atoms with Gasteiger partial charge in [0.15, 0.2) is 0 Å². The van der Waals surface area contributed by atoms with Crippen LogP contribution in [0.3, 0.4) is 0 Å². The van der Waals surface area contributed by atoms with E-state index in [9.17, 15) is 0 Å². The first-order valence-corrected chi connectivity index (χ1v) is 8.10. The molecule has 0 amide bonds. The molecule has 1 aromatic heterocycles. The average Bonchev–Trinajstić information content (AvgIpc) is 2.64. The standard InChI is InChI=1S/C18H26N2/c1-3-4-7-11-19-12-8-13-20-17-10-6-5-9-16(17)15(2)18(20)14-19/h5-6,9-10H,3-4,7-8,11-14H2,1-2H3. The van der Waals surface area contributed by atoms with Crippen LogP contribution in [0.15, 0.2) is 24.3 Å². The normalized spacial score (nSPS) is 16.3. The summed E-state index contributed by atoms with van der Waals surface area (Å²) in [6.45, 7) is 9.39. The van der Waals surface area contributed by atoms with Crippen molar-refractivity contribution in [2.75, 3.05) is 13.1 Å². The van der Waals surface area contributed by atoms with Crippen molar-refractivity contribution in [3.05, 3.63) is 35.5 Å². The van der Waals surface area contributed by atoms with Crippen LogP contribution in [0, 0.1) is 6.92 Å². The monoisotopic (exact) mass is 270 g/mol. The number of hydrogen-bond donors (Lipinski definition) is 0. The fraction of sp³-hybridized carbons (Fsp3) is 0.556. The molecule has 0 radical (unpaired) electrons. The fourth-order valence-corrected chi connectivity index (χ4v) is 3.51. The van der Waals surface area contributed by atoms with Crippen molar-refractivity contribution in [3.63, 3.8) is 0 Å². The highest BCUT2D eigenvalue weighted by Crippen LogP contribution is 2.28. The Bertz CT molecular complexity index is 582. The van der Waals surface area contributed by atoms with Gasteiger partial charge in [-0.3, -0.25) is 4.90 Å². The summed E-state index contributed by atoms with van der Waals surface area (Å²) in [5.74, 6) is 0. The Morgan fingerprint density at radius 3 is 2.80 bits per heavy atom. The molecule has 0 atom stereocenters. The molecule has 2 heterocycles. The molecule has 0 fully saturated rings. The molecule has 0 unspecified atom stereocenters. The predicted molar refractivity (Wildman–Crippen MR) is 86.1 cm³/mol. The van der Waals surface area contributed by atoms with Gasteiger partial charge in [-0.1, -0.05) is 38.0 Å².